The second kappa shape index (κ2) is 6.12. The number of rotatable bonds is 6. The van der Waals surface area contributed by atoms with Gasteiger partial charge in [-0.2, -0.15) is 5.10 Å². The van der Waals surface area contributed by atoms with E-state index in [1.54, 1.807) is 0 Å². The van der Waals surface area contributed by atoms with Gasteiger partial charge in [0.1, 0.15) is 0 Å². The number of ether oxygens (including phenoxy) is 2. The number of aliphatic hydroxyl groups excluding tert-OH is 1. The van der Waals surface area contributed by atoms with Gasteiger partial charge in [0.15, 0.2) is 5.75 Å². The fourth-order valence-corrected chi connectivity index (χ4v) is 1.32. The molecule has 6 nitrogen and oxygen atoms in total. The van der Waals surface area contributed by atoms with E-state index >= 15 is 0 Å². The molecule has 0 saturated carbocycles. The number of unbranched alkanes of at least 4 members (excludes halogenated alkanes) is 1. The van der Waals surface area contributed by atoms with Crippen LogP contribution in [-0.2, 0) is 6.54 Å². The van der Waals surface area contributed by atoms with Crippen LogP contribution in [0.3, 0.4) is 0 Å². The van der Waals surface area contributed by atoms with Crippen LogP contribution in [0.1, 0.15) is 12.8 Å². The summed E-state index contributed by atoms with van der Waals surface area (Å²) in [6.45, 7) is 0.571. The first-order chi connectivity index (χ1) is 7.74. The Balaban J connectivity index is 2.91. The van der Waals surface area contributed by atoms with Crippen LogP contribution in [0.25, 0.3) is 0 Å². The number of aryl methyl sites for hydroxylation is 1. The van der Waals surface area contributed by atoms with Gasteiger partial charge in [-0.15, -0.1) is 0 Å². The number of nitrogens with zero attached hydrogens (tertiary/aromatic N) is 2. The van der Waals surface area contributed by atoms with E-state index in [2.05, 4.69) is 5.10 Å². The number of methoxy groups -OCH3 is 2. The van der Waals surface area contributed by atoms with E-state index in [1.807, 2.05) is 0 Å². The van der Waals surface area contributed by atoms with Crippen molar-refractivity contribution < 1.29 is 14.6 Å². The molecule has 1 aromatic rings. The first-order valence-corrected chi connectivity index (χ1v) is 5.03. The Hall–Kier alpha value is -1.56. The average molecular weight is 228 g/mol. The second-order valence-electron chi connectivity index (χ2n) is 3.21. The molecule has 0 aliphatic carbocycles. The van der Waals surface area contributed by atoms with Crippen molar-refractivity contribution in [1.82, 2.24) is 9.78 Å². The van der Waals surface area contributed by atoms with Crippen molar-refractivity contribution in [2.24, 2.45) is 0 Å². The fourth-order valence-electron chi connectivity index (χ4n) is 1.32. The monoisotopic (exact) mass is 228 g/mol. The zero-order valence-corrected chi connectivity index (χ0v) is 9.47. The van der Waals surface area contributed by atoms with Crippen molar-refractivity contribution in [3.63, 3.8) is 0 Å². The molecule has 90 valence electrons. The van der Waals surface area contributed by atoms with Crippen LogP contribution in [0.15, 0.2) is 11.0 Å². The van der Waals surface area contributed by atoms with E-state index in [0.29, 0.717) is 25.1 Å². The molecule has 1 heterocycles. The molecular weight excluding hydrogens is 212 g/mol. The molecule has 0 unspecified atom stereocenters. The molecule has 1 aromatic heterocycles. The van der Waals surface area contributed by atoms with Gasteiger partial charge in [-0.3, -0.25) is 4.79 Å². The van der Waals surface area contributed by atoms with Gasteiger partial charge in [0, 0.05) is 13.2 Å². The minimum Gasteiger partial charge on any atom is -0.491 e. The van der Waals surface area contributed by atoms with Crippen LogP contribution < -0.4 is 15.0 Å². The smallest absolute Gasteiger partial charge is 0.313 e. The predicted molar refractivity (Wildman–Crippen MR) is 57.9 cm³/mol. The molecule has 16 heavy (non-hydrogen) atoms. The highest BCUT2D eigenvalue weighted by molar-refractivity contribution is 5.34. The third kappa shape index (κ3) is 2.73. The van der Waals surface area contributed by atoms with Crippen molar-refractivity contribution in [3.8, 4) is 11.5 Å². The molecule has 0 spiro atoms. The van der Waals surface area contributed by atoms with Crippen LogP contribution >= 0.6 is 0 Å². The first kappa shape index (κ1) is 12.5. The maximum atomic E-state index is 11.8. The Labute approximate surface area is 93.4 Å². The summed E-state index contributed by atoms with van der Waals surface area (Å²) >= 11 is 0. The number of aliphatic hydroxyl groups is 1. The maximum Gasteiger partial charge on any atom is 0.313 e. The average Bonchev–Trinajstić information content (AvgIpc) is 2.31. The summed E-state index contributed by atoms with van der Waals surface area (Å²) < 4.78 is 11.2. The molecule has 0 fully saturated rings. The van der Waals surface area contributed by atoms with Gasteiger partial charge in [0.25, 0.3) is 0 Å². The highest BCUT2D eigenvalue weighted by Gasteiger charge is 2.11. The normalized spacial score (nSPS) is 10.2. The zero-order chi connectivity index (χ0) is 12.0. The van der Waals surface area contributed by atoms with Gasteiger partial charge in [-0.25, -0.2) is 4.68 Å². The number of hydrogen-bond acceptors (Lipinski definition) is 5. The Morgan fingerprint density at radius 1 is 1.38 bits per heavy atom. The predicted octanol–water partition coefficient (Wildman–Crippen LogP) is 0.0330. The summed E-state index contributed by atoms with van der Waals surface area (Å²) in [7, 11) is 2.87. The van der Waals surface area contributed by atoms with Crippen LogP contribution in [-0.4, -0.2) is 35.7 Å². The van der Waals surface area contributed by atoms with Crippen LogP contribution in [0, 0.1) is 0 Å². The Kier molecular flexibility index (Phi) is 4.78. The summed E-state index contributed by atoms with van der Waals surface area (Å²) in [5.74, 6) is 0.479. The molecule has 0 bridgehead atoms. The topological polar surface area (TPSA) is 73.6 Å². The van der Waals surface area contributed by atoms with E-state index in [4.69, 9.17) is 14.6 Å². The summed E-state index contributed by atoms with van der Waals surface area (Å²) in [5, 5.41) is 12.6. The standard InChI is InChI=1S/C10H16N2O4/c1-15-8-7-11-12(5-3-4-6-13)10(14)9(8)16-2/h7,13H,3-6H2,1-2H3. The van der Waals surface area contributed by atoms with E-state index in [9.17, 15) is 4.79 Å². The van der Waals surface area contributed by atoms with E-state index in [1.165, 1.54) is 25.1 Å². The maximum absolute atomic E-state index is 11.8. The summed E-state index contributed by atoms with van der Waals surface area (Å²) in [6, 6.07) is 0. The van der Waals surface area contributed by atoms with Crippen molar-refractivity contribution in [1.29, 1.82) is 0 Å². The van der Waals surface area contributed by atoms with Crippen molar-refractivity contribution in [2.75, 3.05) is 20.8 Å². The van der Waals surface area contributed by atoms with Gasteiger partial charge in [0.2, 0.25) is 5.75 Å². The van der Waals surface area contributed by atoms with Crippen LogP contribution in [0.2, 0.25) is 0 Å². The molecule has 1 N–H and O–H groups in total. The summed E-state index contributed by atoms with van der Waals surface area (Å²) in [6.07, 6.45) is 2.78. The van der Waals surface area contributed by atoms with Gasteiger partial charge in [-0.1, -0.05) is 0 Å². The van der Waals surface area contributed by atoms with E-state index in [-0.39, 0.29) is 17.9 Å². The number of hydrogen-bond donors (Lipinski definition) is 1. The Bertz CT molecular complexity index is 389. The minimum atomic E-state index is -0.320. The van der Waals surface area contributed by atoms with E-state index < -0.39 is 0 Å². The summed E-state index contributed by atoms with van der Waals surface area (Å²) in [4.78, 5) is 11.8. The van der Waals surface area contributed by atoms with Gasteiger partial charge in [-0.05, 0) is 12.8 Å². The third-order valence-electron chi connectivity index (χ3n) is 2.17. The molecule has 0 aliphatic heterocycles. The molecule has 0 radical (unpaired) electrons. The quantitative estimate of drug-likeness (QED) is 0.695. The largest absolute Gasteiger partial charge is 0.491 e. The lowest BCUT2D eigenvalue weighted by Gasteiger charge is -2.09. The molecule has 6 heteroatoms. The third-order valence-corrected chi connectivity index (χ3v) is 2.17. The highest BCUT2D eigenvalue weighted by atomic mass is 16.5. The second-order valence-corrected chi connectivity index (χ2v) is 3.21. The lowest BCUT2D eigenvalue weighted by molar-refractivity contribution is 0.278. The highest BCUT2D eigenvalue weighted by Crippen LogP contribution is 2.19. The zero-order valence-electron chi connectivity index (χ0n) is 9.47. The van der Waals surface area contributed by atoms with Crippen LogP contribution in [0.5, 0.6) is 11.5 Å². The van der Waals surface area contributed by atoms with E-state index in [0.717, 1.165) is 0 Å². The molecule has 1 rings (SSSR count). The lowest BCUT2D eigenvalue weighted by atomic mass is 10.3. The molecule has 0 saturated heterocycles. The first-order valence-electron chi connectivity index (χ1n) is 5.03. The minimum absolute atomic E-state index is 0.113. The van der Waals surface area contributed by atoms with Crippen molar-refractivity contribution >= 4 is 0 Å². The molecule has 0 aliphatic rings. The van der Waals surface area contributed by atoms with Gasteiger partial charge < -0.3 is 14.6 Å². The Morgan fingerprint density at radius 2 is 2.12 bits per heavy atom. The fraction of sp³-hybridized carbons (Fsp3) is 0.600. The lowest BCUT2D eigenvalue weighted by Crippen LogP contribution is -2.24. The molecule has 0 aromatic carbocycles. The van der Waals surface area contributed by atoms with Crippen LogP contribution in [0.4, 0.5) is 0 Å². The van der Waals surface area contributed by atoms with Crippen molar-refractivity contribution in [2.45, 2.75) is 19.4 Å². The molecule has 0 atom stereocenters. The van der Waals surface area contributed by atoms with Gasteiger partial charge >= 0.3 is 5.56 Å². The van der Waals surface area contributed by atoms with Crippen molar-refractivity contribution in [3.05, 3.63) is 16.6 Å². The SMILES string of the molecule is COc1cnn(CCCCO)c(=O)c1OC. The molecular formula is C10H16N2O4. The Morgan fingerprint density at radius 3 is 2.69 bits per heavy atom. The van der Waals surface area contributed by atoms with Gasteiger partial charge in [0.05, 0.1) is 20.4 Å². The summed E-state index contributed by atoms with van der Waals surface area (Å²) in [5.41, 5.74) is -0.320. The number of aromatic nitrogens is 2. The molecule has 0 amide bonds.